The van der Waals surface area contributed by atoms with Crippen molar-refractivity contribution in [3.05, 3.63) is 35.8 Å². The Bertz CT molecular complexity index is 560. The lowest BCUT2D eigenvalue weighted by atomic mass is 9.92. The van der Waals surface area contributed by atoms with Crippen molar-refractivity contribution in [3.63, 3.8) is 0 Å². The Morgan fingerprint density at radius 1 is 1.37 bits per heavy atom. The van der Waals surface area contributed by atoms with Crippen LogP contribution in [0.4, 0.5) is 4.39 Å². The molecule has 1 aromatic carbocycles. The normalized spacial score (nSPS) is 21.7. The molecule has 3 nitrogen and oxygen atoms in total. The molecule has 0 amide bonds. The molecule has 4 heteroatoms. The predicted molar refractivity (Wildman–Crippen MR) is 71.5 cm³/mol. The third kappa shape index (κ3) is 2.51. The fraction of sp³-hybridized carbons (Fsp3) is 0.467. The van der Waals surface area contributed by atoms with Gasteiger partial charge in [0.05, 0.1) is 12.6 Å². The summed E-state index contributed by atoms with van der Waals surface area (Å²) in [5.41, 5.74) is 0.730. The van der Waals surface area contributed by atoms with Crippen LogP contribution >= 0.6 is 0 Å². The van der Waals surface area contributed by atoms with E-state index in [1.807, 2.05) is 13.1 Å². The van der Waals surface area contributed by atoms with Gasteiger partial charge in [-0.3, -0.25) is 0 Å². The number of halogens is 1. The van der Waals surface area contributed by atoms with E-state index in [0.29, 0.717) is 5.92 Å². The number of rotatable bonds is 3. The maximum absolute atomic E-state index is 13.2. The molecule has 2 atom stereocenters. The maximum Gasteiger partial charge on any atom is 0.134 e. The quantitative estimate of drug-likeness (QED) is 0.923. The summed E-state index contributed by atoms with van der Waals surface area (Å²) >= 11 is 0. The van der Waals surface area contributed by atoms with Crippen LogP contribution in [0.2, 0.25) is 0 Å². The monoisotopic (exact) mass is 263 g/mol. The van der Waals surface area contributed by atoms with E-state index in [1.165, 1.54) is 12.1 Å². The fourth-order valence-corrected chi connectivity index (χ4v) is 2.83. The zero-order valence-electron chi connectivity index (χ0n) is 11.0. The largest absolute Gasteiger partial charge is 0.459 e. The molecule has 102 valence electrons. The van der Waals surface area contributed by atoms with E-state index in [1.54, 1.807) is 6.07 Å². The average molecular weight is 263 g/mol. The van der Waals surface area contributed by atoms with Gasteiger partial charge in [0.2, 0.25) is 0 Å². The molecule has 3 rings (SSSR count). The topological polar surface area (TPSA) is 34.4 Å². The summed E-state index contributed by atoms with van der Waals surface area (Å²) in [5, 5.41) is 4.11. The van der Waals surface area contributed by atoms with E-state index in [2.05, 4.69) is 5.32 Å². The number of ether oxygens (including phenoxy) is 1. The highest BCUT2D eigenvalue weighted by Gasteiger charge is 2.27. The molecule has 1 saturated heterocycles. The first kappa shape index (κ1) is 12.6. The van der Waals surface area contributed by atoms with Gasteiger partial charge in [0.1, 0.15) is 17.2 Å². The van der Waals surface area contributed by atoms with Crippen molar-refractivity contribution in [1.29, 1.82) is 0 Å². The molecule has 1 N–H and O–H groups in total. The Morgan fingerprint density at radius 2 is 2.26 bits per heavy atom. The van der Waals surface area contributed by atoms with Crippen LogP contribution in [0.25, 0.3) is 11.0 Å². The van der Waals surface area contributed by atoms with Gasteiger partial charge in [0.15, 0.2) is 0 Å². The van der Waals surface area contributed by atoms with Crippen LogP contribution in [0.5, 0.6) is 0 Å². The van der Waals surface area contributed by atoms with E-state index < -0.39 is 0 Å². The van der Waals surface area contributed by atoms with Crippen LogP contribution in [0.1, 0.15) is 24.6 Å². The summed E-state index contributed by atoms with van der Waals surface area (Å²) in [5.74, 6) is 1.03. The van der Waals surface area contributed by atoms with Crippen molar-refractivity contribution in [3.8, 4) is 0 Å². The molecule has 0 bridgehead atoms. The van der Waals surface area contributed by atoms with E-state index in [0.717, 1.165) is 42.8 Å². The van der Waals surface area contributed by atoms with Gasteiger partial charge in [-0.15, -0.1) is 0 Å². The van der Waals surface area contributed by atoms with Crippen molar-refractivity contribution < 1.29 is 13.5 Å². The van der Waals surface area contributed by atoms with Crippen LogP contribution in [-0.2, 0) is 4.74 Å². The molecule has 2 heterocycles. The summed E-state index contributed by atoms with van der Waals surface area (Å²) in [6, 6.07) is 6.66. The molecule has 2 unspecified atom stereocenters. The average Bonchev–Trinajstić information content (AvgIpc) is 2.83. The number of hydrogen-bond donors (Lipinski definition) is 1. The van der Waals surface area contributed by atoms with Gasteiger partial charge in [-0.2, -0.15) is 0 Å². The Hall–Kier alpha value is -1.39. The number of furan rings is 1. The molecule has 0 aliphatic carbocycles. The van der Waals surface area contributed by atoms with Crippen LogP contribution in [-0.4, -0.2) is 20.3 Å². The van der Waals surface area contributed by atoms with Gasteiger partial charge in [-0.25, -0.2) is 4.39 Å². The standard InChI is InChI=1S/C15H18FNO2/c1-17-15(10-3-2-6-18-9-10)14-8-11-7-12(16)4-5-13(11)19-14/h4-5,7-8,10,15,17H,2-3,6,9H2,1H3. The Balaban J connectivity index is 1.91. The first-order valence-corrected chi connectivity index (χ1v) is 6.72. The first-order valence-electron chi connectivity index (χ1n) is 6.72. The van der Waals surface area contributed by atoms with Crippen LogP contribution < -0.4 is 5.32 Å². The zero-order valence-corrected chi connectivity index (χ0v) is 11.0. The number of benzene rings is 1. The number of nitrogens with one attached hydrogen (secondary N) is 1. The Morgan fingerprint density at radius 3 is 3.00 bits per heavy atom. The maximum atomic E-state index is 13.2. The minimum absolute atomic E-state index is 0.121. The van der Waals surface area contributed by atoms with Crippen LogP contribution in [0.15, 0.2) is 28.7 Å². The molecule has 1 aliphatic rings. The molecule has 0 spiro atoms. The number of hydrogen-bond acceptors (Lipinski definition) is 3. The van der Waals surface area contributed by atoms with Crippen molar-refractivity contribution in [2.75, 3.05) is 20.3 Å². The molecule has 2 aromatic rings. The van der Waals surface area contributed by atoms with Crippen molar-refractivity contribution >= 4 is 11.0 Å². The second kappa shape index (κ2) is 5.31. The van der Waals surface area contributed by atoms with Gasteiger partial charge >= 0.3 is 0 Å². The van der Waals surface area contributed by atoms with Gasteiger partial charge in [-0.05, 0) is 44.2 Å². The summed E-state index contributed by atoms with van der Waals surface area (Å²) in [6.45, 7) is 1.59. The summed E-state index contributed by atoms with van der Waals surface area (Å²) in [6.07, 6.45) is 2.20. The minimum atomic E-state index is -0.234. The Labute approximate surface area is 111 Å². The molecule has 0 saturated carbocycles. The highest BCUT2D eigenvalue weighted by molar-refractivity contribution is 5.78. The SMILES string of the molecule is CNC(c1cc2cc(F)ccc2o1)C1CCCOC1. The molecular formula is C15H18FNO2. The second-order valence-electron chi connectivity index (χ2n) is 5.07. The van der Waals surface area contributed by atoms with Gasteiger partial charge < -0.3 is 14.5 Å². The van der Waals surface area contributed by atoms with E-state index in [4.69, 9.17) is 9.15 Å². The molecule has 1 fully saturated rings. The molecule has 1 aromatic heterocycles. The van der Waals surface area contributed by atoms with E-state index >= 15 is 0 Å². The Kier molecular flexibility index (Phi) is 3.53. The lowest BCUT2D eigenvalue weighted by Crippen LogP contribution is -2.31. The van der Waals surface area contributed by atoms with Crippen molar-refractivity contribution in [2.24, 2.45) is 5.92 Å². The van der Waals surface area contributed by atoms with Crippen molar-refractivity contribution in [1.82, 2.24) is 5.32 Å². The third-order valence-electron chi connectivity index (χ3n) is 3.78. The van der Waals surface area contributed by atoms with Crippen LogP contribution in [0.3, 0.4) is 0 Å². The van der Waals surface area contributed by atoms with Gasteiger partial charge in [0.25, 0.3) is 0 Å². The van der Waals surface area contributed by atoms with Crippen molar-refractivity contribution in [2.45, 2.75) is 18.9 Å². The number of fused-ring (bicyclic) bond motifs is 1. The molecule has 1 aliphatic heterocycles. The highest BCUT2D eigenvalue weighted by Crippen LogP contribution is 2.32. The second-order valence-corrected chi connectivity index (χ2v) is 5.07. The lowest BCUT2D eigenvalue weighted by molar-refractivity contribution is 0.0371. The molecular weight excluding hydrogens is 245 g/mol. The third-order valence-corrected chi connectivity index (χ3v) is 3.78. The molecule has 0 radical (unpaired) electrons. The molecule has 19 heavy (non-hydrogen) atoms. The van der Waals surface area contributed by atoms with Gasteiger partial charge in [-0.1, -0.05) is 0 Å². The lowest BCUT2D eigenvalue weighted by Gasteiger charge is -2.28. The smallest absolute Gasteiger partial charge is 0.134 e. The summed E-state index contributed by atoms with van der Waals surface area (Å²) in [7, 11) is 1.92. The fourth-order valence-electron chi connectivity index (χ4n) is 2.83. The summed E-state index contributed by atoms with van der Waals surface area (Å²) in [4.78, 5) is 0. The highest BCUT2D eigenvalue weighted by atomic mass is 19.1. The van der Waals surface area contributed by atoms with E-state index in [9.17, 15) is 4.39 Å². The predicted octanol–water partition coefficient (Wildman–Crippen LogP) is 3.26. The van der Waals surface area contributed by atoms with E-state index in [-0.39, 0.29) is 11.9 Å². The van der Waals surface area contributed by atoms with Gasteiger partial charge in [0, 0.05) is 17.9 Å². The zero-order chi connectivity index (χ0) is 13.2. The first-order chi connectivity index (χ1) is 9.28. The minimum Gasteiger partial charge on any atom is -0.459 e. The van der Waals surface area contributed by atoms with Crippen LogP contribution in [0, 0.1) is 11.7 Å². The summed E-state index contributed by atoms with van der Waals surface area (Å²) < 4.78 is 24.6.